The summed E-state index contributed by atoms with van der Waals surface area (Å²) in [7, 11) is 3.26. The highest BCUT2D eigenvalue weighted by atomic mass is 32.1. The van der Waals surface area contributed by atoms with Gasteiger partial charge in [0.15, 0.2) is 5.13 Å². The van der Waals surface area contributed by atoms with E-state index in [4.69, 9.17) is 14.5 Å². The number of benzene rings is 2. The maximum absolute atomic E-state index is 13.3. The lowest BCUT2D eigenvalue weighted by molar-refractivity contribution is -0.118. The third kappa shape index (κ3) is 4.41. The average molecular weight is 420 g/mol. The number of hydrogen-bond donors (Lipinski definition) is 0. The molecule has 0 fully saturated rings. The van der Waals surface area contributed by atoms with Gasteiger partial charge >= 0.3 is 0 Å². The summed E-state index contributed by atoms with van der Waals surface area (Å²) in [5.74, 6) is 1.48. The number of aromatic nitrogens is 2. The number of fused-ring (bicyclic) bond motifs is 1. The lowest BCUT2D eigenvalue weighted by Crippen LogP contribution is -2.32. The fourth-order valence-corrected chi connectivity index (χ4v) is 4.08. The molecule has 0 aliphatic heterocycles. The van der Waals surface area contributed by atoms with E-state index in [2.05, 4.69) is 4.98 Å². The van der Waals surface area contributed by atoms with Crippen LogP contribution in [0.1, 0.15) is 11.3 Å². The van der Waals surface area contributed by atoms with Crippen LogP contribution in [0.4, 0.5) is 5.13 Å². The van der Waals surface area contributed by atoms with E-state index >= 15 is 0 Å². The minimum atomic E-state index is -0.0446. The monoisotopic (exact) mass is 419 g/mol. The molecule has 2 heterocycles. The number of methoxy groups -OCH3 is 2. The van der Waals surface area contributed by atoms with Crippen LogP contribution in [-0.2, 0) is 17.8 Å². The number of rotatable bonds is 7. The van der Waals surface area contributed by atoms with Gasteiger partial charge in [-0.15, -0.1) is 0 Å². The lowest BCUT2D eigenvalue weighted by atomic mass is 10.1. The number of anilines is 1. The first-order valence-electron chi connectivity index (χ1n) is 9.44. The Hall–Kier alpha value is -3.45. The maximum atomic E-state index is 13.3. The number of amides is 1. The highest BCUT2D eigenvalue weighted by Crippen LogP contribution is 2.32. The number of carbonyl (C=O) groups is 1. The molecule has 0 aliphatic rings. The van der Waals surface area contributed by atoms with Crippen molar-refractivity contribution >= 4 is 32.6 Å². The van der Waals surface area contributed by atoms with Crippen molar-refractivity contribution in [1.29, 1.82) is 0 Å². The summed E-state index contributed by atoms with van der Waals surface area (Å²) in [6.07, 6.45) is 1.99. The first kappa shape index (κ1) is 19.8. The molecule has 6 nitrogen and oxygen atoms in total. The minimum absolute atomic E-state index is 0.0446. The summed E-state index contributed by atoms with van der Waals surface area (Å²) in [5, 5.41) is 0.641. The first-order chi connectivity index (χ1) is 14.7. The van der Waals surface area contributed by atoms with Crippen molar-refractivity contribution in [3.63, 3.8) is 0 Å². The number of pyridine rings is 1. The van der Waals surface area contributed by atoms with Crippen LogP contribution in [0.2, 0.25) is 0 Å². The van der Waals surface area contributed by atoms with Crippen LogP contribution in [0.25, 0.3) is 10.2 Å². The molecule has 4 aromatic rings. The highest BCUT2D eigenvalue weighted by Gasteiger charge is 2.21. The standard InChI is InChI=1S/C23H21N3O3S/c1-28-18-8-6-16(7-9-18)13-22(27)26(15-17-5-3-4-12-24-17)23-25-20-11-10-19(29-2)14-21(20)30-23/h3-12,14H,13,15H2,1-2H3. The van der Waals surface area contributed by atoms with E-state index in [9.17, 15) is 4.79 Å². The molecule has 2 aromatic heterocycles. The van der Waals surface area contributed by atoms with E-state index in [0.29, 0.717) is 11.7 Å². The van der Waals surface area contributed by atoms with Crippen LogP contribution in [0.3, 0.4) is 0 Å². The van der Waals surface area contributed by atoms with Gasteiger partial charge in [-0.05, 0) is 48.0 Å². The van der Waals surface area contributed by atoms with E-state index in [1.54, 1.807) is 25.3 Å². The summed E-state index contributed by atoms with van der Waals surface area (Å²) in [6, 6.07) is 18.9. The first-order valence-corrected chi connectivity index (χ1v) is 10.3. The SMILES string of the molecule is COc1ccc(CC(=O)N(Cc2ccccn2)c2nc3ccc(OC)cc3s2)cc1. The number of ether oxygens (including phenoxy) is 2. The summed E-state index contributed by atoms with van der Waals surface area (Å²) in [6.45, 7) is 0.354. The molecular formula is C23H21N3O3S. The molecule has 2 aromatic carbocycles. The van der Waals surface area contributed by atoms with Crippen LogP contribution in [-0.4, -0.2) is 30.1 Å². The third-order valence-electron chi connectivity index (χ3n) is 4.68. The van der Waals surface area contributed by atoms with Crippen molar-refractivity contribution in [2.24, 2.45) is 0 Å². The normalized spacial score (nSPS) is 10.7. The Morgan fingerprint density at radius 3 is 2.47 bits per heavy atom. The van der Waals surface area contributed by atoms with Gasteiger partial charge in [-0.2, -0.15) is 0 Å². The Bertz CT molecular complexity index is 1140. The summed E-state index contributed by atoms with van der Waals surface area (Å²) in [5.41, 5.74) is 2.55. The third-order valence-corrected chi connectivity index (χ3v) is 5.72. The molecule has 4 rings (SSSR count). The highest BCUT2D eigenvalue weighted by molar-refractivity contribution is 7.22. The predicted molar refractivity (Wildman–Crippen MR) is 118 cm³/mol. The quantitative estimate of drug-likeness (QED) is 0.442. The minimum Gasteiger partial charge on any atom is -0.497 e. The second-order valence-corrected chi connectivity index (χ2v) is 7.67. The summed E-state index contributed by atoms with van der Waals surface area (Å²) in [4.78, 5) is 24.1. The summed E-state index contributed by atoms with van der Waals surface area (Å²) >= 11 is 1.47. The van der Waals surface area contributed by atoms with Gasteiger partial charge in [-0.1, -0.05) is 29.5 Å². The van der Waals surface area contributed by atoms with Gasteiger partial charge in [0, 0.05) is 6.20 Å². The van der Waals surface area contributed by atoms with Crippen molar-refractivity contribution in [3.8, 4) is 11.5 Å². The molecule has 30 heavy (non-hydrogen) atoms. The van der Waals surface area contributed by atoms with Crippen molar-refractivity contribution in [2.75, 3.05) is 19.1 Å². The molecule has 0 spiro atoms. The van der Waals surface area contributed by atoms with Crippen LogP contribution >= 0.6 is 11.3 Å². The number of hydrogen-bond acceptors (Lipinski definition) is 6. The van der Waals surface area contributed by atoms with Crippen molar-refractivity contribution < 1.29 is 14.3 Å². The lowest BCUT2D eigenvalue weighted by Gasteiger charge is -2.19. The Morgan fingerprint density at radius 2 is 1.77 bits per heavy atom. The van der Waals surface area contributed by atoms with E-state index in [-0.39, 0.29) is 12.3 Å². The van der Waals surface area contributed by atoms with E-state index in [0.717, 1.165) is 33.0 Å². The van der Waals surface area contributed by atoms with Gasteiger partial charge in [0.2, 0.25) is 5.91 Å². The Morgan fingerprint density at radius 1 is 1.00 bits per heavy atom. The molecule has 152 valence electrons. The van der Waals surface area contributed by atoms with E-state index < -0.39 is 0 Å². The van der Waals surface area contributed by atoms with E-state index in [1.165, 1.54) is 11.3 Å². The molecule has 0 aliphatic carbocycles. The smallest absolute Gasteiger partial charge is 0.233 e. The van der Waals surface area contributed by atoms with Gasteiger partial charge in [-0.3, -0.25) is 14.7 Å². The maximum Gasteiger partial charge on any atom is 0.233 e. The fourth-order valence-electron chi connectivity index (χ4n) is 3.06. The molecule has 0 atom stereocenters. The fraction of sp³-hybridized carbons (Fsp3) is 0.174. The molecular weight excluding hydrogens is 398 g/mol. The van der Waals surface area contributed by atoms with Crippen molar-refractivity contribution in [2.45, 2.75) is 13.0 Å². The predicted octanol–water partition coefficient (Wildman–Crippen LogP) is 4.48. The molecule has 0 unspecified atom stereocenters. The Labute approximate surface area is 178 Å². The number of thiazole rings is 1. The van der Waals surface area contributed by atoms with Gasteiger partial charge in [-0.25, -0.2) is 4.98 Å². The molecule has 0 N–H and O–H groups in total. The zero-order chi connectivity index (χ0) is 20.9. The molecule has 0 saturated carbocycles. The second-order valence-electron chi connectivity index (χ2n) is 6.66. The van der Waals surface area contributed by atoms with Crippen molar-refractivity contribution in [3.05, 3.63) is 78.1 Å². The number of nitrogens with zero attached hydrogens (tertiary/aromatic N) is 3. The van der Waals surface area contributed by atoms with Crippen LogP contribution in [0.5, 0.6) is 11.5 Å². The van der Waals surface area contributed by atoms with Gasteiger partial charge in [0.05, 0.1) is 43.1 Å². The van der Waals surface area contributed by atoms with E-state index in [1.807, 2.05) is 60.7 Å². The van der Waals surface area contributed by atoms with Crippen LogP contribution in [0.15, 0.2) is 66.9 Å². The number of carbonyl (C=O) groups excluding carboxylic acids is 1. The zero-order valence-electron chi connectivity index (χ0n) is 16.7. The van der Waals surface area contributed by atoms with Gasteiger partial charge < -0.3 is 9.47 Å². The topological polar surface area (TPSA) is 64.5 Å². The van der Waals surface area contributed by atoms with Gasteiger partial charge in [0.25, 0.3) is 0 Å². The van der Waals surface area contributed by atoms with Crippen molar-refractivity contribution in [1.82, 2.24) is 9.97 Å². The van der Waals surface area contributed by atoms with Gasteiger partial charge in [0.1, 0.15) is 11.5 Å². The summed E-state index contributed by atoms with van der Waals surface area (Å²) < 4.78 is 11.5. The zero-order valence-corrected chi connectivity index (χ0v) is 17.6. The molecule has 0 bridgehead atoms. The Balaban J connectivity index is 1.65. The molecule has 0 saturated heterocycles. The molecule has 7 heteroatoms. The molecule has 1 amide bonds. The second kappa shape index (κ2) is 8.92. The Kier molecular flexibility index (Phi) is 5.90. The largest absolute Gasteiger partial charge is 0.497 e. The average Bonchev–Trinajstić information content (AvgIpc) is 3.21. The molecule has 0 radical (unpaired) electrons. The van der Waals surface area contributed by atoms with Crippen LogP contribution < -0.4 is 14.4 Å². The van der Waals surface area contributed by atoms with Crippen LogP contribution in [0, 0.1) is 0 Å².